The molecule has 2 rings (SSSR count). The Morgan fingerprint density at radius 1 is 1.13 bits per heavy atom. The summed E-state index contributed by atoms with van der Waals surface area (Å²) in [4.78, 5) is 38.4. The molecular formula is C19H31NO3. The van der Waals surface area contributed by atoms with Gasteiger partial charge >= 0.3 is 0 Å². The smallest absolute Gasteiger partial charge is 0.233 e. The third-order valence-electron chi connectivity index (χ3n) is 5.55. The van der Waals surface area contributed by atoms with E-state index in [1.807, 2.05) is 34.6 Å². The first-order chi connectivity index (χ1) is 10.6. The SMILES string of the molecule is CC(C)C(=O)C1CCC(CN2C(=O)CC(C(C)(C)C)C2=O)CC1. The fourth-order valence-electron chi connectivity index (χ4n) is 3.91. The summed E-state index contributed by atoms with van der Waals surface area (Å²) in [5.41, 5.74) is -0.164. The Morgan fingerprint density at radius 3 is 2.13 bits per heavy atom. The second kappa shape index (κ2) is 6.74. The van der Waals surface area contributed by atoms with Crippen LogP contribution in [0.4, 0.5) is 0 Å². The van der Waals surface area contributed by atoms with E-state index in [0.717, 1.165) is 25.7 Å². The third-order valence-corrected chi connectivity index (χ3v) is 5.55. The number of amides is 2. The summed E-state index contributed by atoms with van der Waals surface area (Å²) in [5.74, 6) is 0.804. The Kier molecular flexibility index (Phi) is 5.32. The second-order valence-electron chi connectivity index (χ2n) is 8.74. The summed E-state index contributed by atoms with van der Waals surface area (Å²) in [6, 6.07) is 0. The number of ketones is 1. The lowest BCUT2D eigenvalue weighted by Gasteiger charge is -2.31. The minimum atomic E-state index is -0.186. The highest BCUT2D eigenvalue weighted by atomic mass is 16.2. The standard InChI is InChI=1S/C19H31NO3/c1-12(2)17(22)14-8-6-13(7-9-14)11-20-16(21)10-15(18(20)23)19(3,4)5/h12-15H,6-11H2,1-5H3. The number of carbonyl (C=O) groups is 3. The van der Waals surface area contributed by atoms with Gasteiger partial charge in [-0.05, 0) is 37.0 Å². The monoisotopic (exact) mass is 321 g/mol. The number of imide groups is 1. The first-order valence-corrected chi connectivity index (χ1v) is 8.99. The van der Waals surface area contributed by atoms with Gasteiger partial charge in [0, 0.05) is 24.8 Å². The van der Waals surface area contributed by atoms with Gasteiger partial charge in [-0.1, -0.05) is 34.6 Å². The Bertz CT molecular complexity index is 481. The Balaban J connectivity index is 1.91. The zero-order chi connectivity index (χ0) is 17.4. The van der Waals surface area contributed by atoms with Gasteiger partial charge in [0.15, 0.2) is 0 Å². The molecule has 0 radical (unpaired) electrons. The van der Waals surface area contributed by atoms with Crippen LogP contribution in [-0.4, -0.2) is 29.0 Å². The number of carbonyl (C=O) groups excluding carboxylic acids is 3. The topological polar surface area (TPSA) is 54.5 Å². The van der Waals surface area contributed by atoms with Crippen LogP contribution >= 0.6 is 0 Å². The van der Waals surface area contributed by atoms with Crippen LogP contribution in [0, 0.1) is 29.1 Å². The van der Waals surface area contributed by atoms with Crippen molar-refractivity contribution in [2.24, 2.45) is 29.1 Å². The van der Waals surface area contributed by atoms with Crippen LogP contribution in [0.25, 0.3) is 0 Å². The van der Waals surface area contributed by atoms with Gasteiger partial charge in [-0.25, -0.2) is 0 Å². The van der Waals surface area contributed by atoms with Gasteiger partial charge in [-0.15, -0.1) is 0 Å². The van der Waals surface area contributed by atoms with E-state index in [2.05, 4.69) is 0 Å². The number of hydrogen-bond donors (Lipinski definition) is 0. The first kappa shape index (κ1) is 18.2. The lowest BCUT2D eigenvalue weighted by Crippen LogP contribution is -2.38. The molecule has 0 N–H and O–H groups in total. The molecule has 0 bridgehead atoms. The molecule has 1 atom stereocenters. The number of likely N-dealkylation sites (tertiary alicyclic amines) is 1. The molecule has 0 spiro atoms. The van der Waals surface area contributed by atoms with E-state index in [0.29, 0.717) is 24.7 Å². The van der Waals surface area contributed by atoms with Gasteiger partial charge in [0.1, 0.15) is 5.78 Å². The van der Waals surface area contributed by atoms with E-state index in [-0.39, 0.29) is 35.0 Å². The van der Waals surface area contributed by atoms with Crippen molar-refractivity contribution < 1.29 is 14.4 Å². The zero-order valence-corrected chi connectivity index (χ0v) is 15.2. The second-order valence-corrected chi connectivity index (χ2v) is 8.74. The molecule has 2 aliphatic rings. The minimum Gasteiger partial charge on any atom is -0.299 e. The molecule has 0 aromatic carbocycles. The van der Waals surface area contributed by atoms with Crippen molar-refractivity contribution in [1.29, 1.82) is 0 Å². The van der Waals surface area contributed by atoms with Crippen LogP contribution in [0.15, 0.2) is 0 Å². The maximum atomic E-state index is 12.5. The summed E-state index contributed by atoms with van der Waals surface area (Å²) < 4.78 is 0. The number of Topliss-reactive ketones (excluding diaryl/α,β-unsaturated/α-hetero) is 1. The molecule has 23 heavy (non-hydrogen) atoms. The molecule has 1 aliphatic heterocycles. The van der Waals surface area contributed by atoms with Crippen molar-refractivity contribution in [3.63, 3.8) is 0 Å². The van der Waals surface area contributed by atoms with Crippen molar-refractivity contribution >= 4 is 17.6 Å². The van der Waals surface area contributed by atoms with Crippen molar-refractivity contribution in [2.45, 2.75) is 66.7 Å². The molecule has 2 amide bonds. The molecule has 0 aromatic heterocycles. The molecule has 1 saturated carbocycles. The predicted molar refractivity (Wildman–Crippen MR) is 89.6 cm³/mol. The van der Waals surface area contributed by atoms with Gasteiger partial charge in [0.25, 0.3) is 0 Å². The maximum Gasteiger partial charge on any atom is 0.233 e. The van der Waals surface area contributed by atoms with Crippen LogP contribution < -0.4 is 0 Å². The largest absolute Gasteiger partial charge is 0.299 e. The van der Waals surface area contributed by atoms with Crippen molar-refractivity contribution in [3.8, 4) is 0 Å². The summed E-state index contributed by atoms with van der Waals surface area (Å²) in [5, 5.41) is 0. The Labute approximate surface area is 140 Å². The fraction of sp³-hybridized carbons (Fsp3) is 0.842. The third kappa shape index (κ3) is 4.02. The summed E-state index contributed by atoms with van der Waals surface area (Å²) in [6.45, 7) is 10.5. The van der Waals surface area contributed by atoms with Gasteiger partial charge in [-0.3, -0.25) is 19.3 Å². The van der Waals surface area contributed by atoms with Gasteiger partial charge in [0.05, 0.1) is 5.92 Å². The molecule has 1 saturated heterocycles. The van der Waals surface area contributed by atoms with Crippen molar-refractivity contribution in [1.82, 2.24) is 4.90 Å². The lowest BCUT2D eigenvalue weighted by atomic mass is 9.77. The van der Waals surface area contributed by atoms with Crippen LogP contribution in [0.3, 0.4) is 0 Å². The predicted octanol–water partition coefficient (Wildman–Crippen LogP) is 3.44. The van der Waals surface area contributed by atoms with Crippen LogP contribution in [0.5, 0.6) is 0 Å². The van der Waals surface area contributed by atoms with Crippen LogP contribution in [0.2, 0.25) is 0 Å². The maximum absolute atomic E-state index is 12.5. The molecule has 0 aromatic rings. The molecule has 1 heterocycles. The van der Waals surface area contributed by atoms with Crippen molar-refractivity contribution in [3.05, 3.63) is 0 Å². The number of rotatable bonds is 4. The highest BCUT2D eigenvalue weighted by Gasteiger charge is 2.45. The molecule has 4 heteroatoms. The van der Waals surface area contributed by atoms with Gasteiger partial charge in [0.2, 0.25) is 11.8 Å². The first-order valence-electron chi connectivity index (χ1n) is 8.99. The lowest BCUT2D eigenvalue weighted by molar-refractivity contribution is -0.141. The zero-order valence-electron chi connectivity index (χ0n) is 15.2. The molecule has 1 aliphatic carbocycles. The van der Waals surface area contributed by atoms with Crippen molar-refractivity contribution in [2.75, 3.05) is 6.54 Å². The summed E-state index contributed by atoms with van der Waals surface area (Å²) >= 11 is 0. The Hall–Kier alpha value is -1.19. The van der Waals surface area contributed by atoms with E-state index < -0.39 is 0 Å². The number of nitrogens with zero attached hydrogens (tertiary/aromatic N) is 1. The minimum absolute atomic E-state index is 0.00267. The summed E-state index contributed by atoms with van der Waals surface area (Å²) in [6.07, 6.45) is 4.05. The fourth-order valence-corrected chi connectivity index (χ4v) is 3.91. The van der Waals surface area contributed by atoms with Gasteiger partial charge < -0.3 is 0 Å². The van der Waals surface area contributed by atoms with Gasteiger partial charge in [-0.2, -0.15) is 0 Å². The molecule has 1 unspecified atom stereocenters. The highest BCUT2D eigenvalue weighted by Crippen LogP contribution is 2.37. The average Bonchev–Trinajstić information content (AvgIpc) is 2.75. The molecule has 4 nitrogen and oxygen atoms in total. The van der Waals surface area contributed by atoms with E-state index in [9.17, 15) is 14.4 Å². The van der Waals surface area contributed by atoms with E-state index >= 15 is 0 Å². The van der Waals surface area contributed by atoms with E-state index in [1.54, 1.807) is 0 Å². The Morgan fingerprint density at radius 2 is 1.70 bits per heavy atom. The van der Waals surface area contributed by atoms with Crippen LogP contribution in [0.1, 0.15) is 66.7 Å². The molecule has 130 valence electrons. The highest BCUT2D eigenvalue weighted by molar-refractivity contribution is 6.03. The normalized spacial score (nSPS) is 29.5. The number of hydrogen-bond acceptors (Lipinski definition) is 3. The molecule has 2 fully saturated rings. The quantitative estimate of drug-likeness (QED) is 0.745. The van der Waals surface area contributed by atoms with Crippen LogP contribution in [-0.2, 0) is 14.4 Å². The van der Waals surface area contributed by atoms with E-state index in [4.69, 9.17) is 0 Å². The molecular weight excluding hydrogens is 290 g/mol. The van der Waals surface area contributed by atoms with E-state index in [1.165, 1.54) is 4.90 Å². The average molecular weight is 321 g/mol. The summed E-state index contributed by atoms with van der Waals surface area (Å²) in [7, 11) is 0.